The lowest BCUT2D eigenvalue weighted by Gasteiger charge is -2.32. The Morgan fingerprint density at radius 1 is 1.22 bits per heavy atom. The summed E-state index contributed by atoms with van der Waals surface area (Å²) in [5.41, 5.74) is 2.72. The SMILES string of the molecule is CCc1noc(C2CCC(NC3CCc4[nH]ncc4C3)CC2)n1. The zero-order valence-corrected chi connectivity index (χ0v) is 13.7. The molecule has 2 heterocycles. The summed E-state index contributed by atoms with van der Waals surface area (Å²) in [5, 5.41) is 15.2. The molecule has 0 radical (unpaired) electrons. The lowest BCUT2D eigenvalue weighted by molar-refractivity contribution is 0.264. The van der Waals surface area contributed by atoms with Crippen LogP contribution in [0.15, 0.2) is 10.7 Å². The van der Waals surface area contributed by atoms with Crippen LogP contribution in [0.25, 0.3) is 0 Å². The van der Waals surface area contributed by atoms with Crippen molar-refractivity contribution < 1.29 is 4.52 Å². The van der Waals surface area contributed by atoms with E-state index in [2.05, 4.69) is 32.6 Å². The fraction of sp³-hybridized carbons (Fsp3) is 0.706. The van der Waals surface area contributed by atoms with E-state index in [-0.39, 0.29) is 0 Å². The second-order valence-corrected chi connectivity index (χ2v) is 6.93. The monoisotopic (exact) mass is 315 g/mol. The van der Waals surface area contributed by atoms with E-state index in [0.29, 0.717) is 18.0 Å². The summed E-state index contributed by atoms with van der Waals surface area (Å²) in [5.74, 6) is 2.13. The molecule has 1 unspecified atom stereocenters. The van der Waals surface area contributed by atoms with Crippen LogP contribution in [0.1, 0.15) is 67.9 Å². The van der Waals surface area contributed by atoms with Crippen LogP contribution >= 0.6 is 0 Å². The summed E-state index contributed by atoms with van der Waals surface area (Å²) in [4.78, 5) is 4.50. The summed E-state index contributed by atoms with van der Waals surface area (Å²) in [6.45, 7) is 2.06. The van der Waals surface area contributed by atoms with Crippen molar-refractivity contribution in [3.05, 3.63) is 29.2 Å². The summed E-state index contributed by atoms with van der Waals surface area (Å²) in [7, 11) is 0. The van der Waals surface area contributed by atoms with Gasteiger partial charge in [-0.15, -0.1) is 0 Å². The van der Waals surface area contributed by atoms with Gasteiger partial charge in [0.1, 0.15) is 0 Å². The summed E-state index contributed by atoms with van der Waals surface area (Å²) >= 11 is 0. The number of H-pyrrole nitrogens is 1. The van der Waals surface area contributed by atoms with E-state index in [1.54, 1.807) is 0 Å². The van der Waals surface area contributed by atoms with Crippen molar-refractivity contribution in [2.45, 2.75) is 76.3 Å². The maximum Gasteiger partial charge on any atom is 0.229 e. The van der Waals surface area contributed by atoms with Crippen molar-refractivity contribution in [2.75, 3.05) is 0 Å². The standard InChI is InChI=1S/C17H25N5O/c1-2-16-20-17(23-22-16)11-3-5-13(6-4-11)19-14-7-8-15-12(9-14)10-18-21-15/h10-11,13-14,19H,2-9H2,1H3,(H,18,21). The second-order valence-electron chi connectivity index (χ2n) is 6.93. The molecular weight excluding hydrogens is 290 g/mol. The molecule has 2 aliphatic carbocycles. The minimum absolute atomic E-state index is 0.452. The Balaban J connectivity index is 1.28. The molecule has 1 saturated carbocycles. The normalized spacial score (nSPS) is 27.8. The highest BCUT2D eigenvalue weighted by molar-refractivity contribution is 5.21. The summed E-state index contributed by atoms with van der Waals surface area (Å²) in [6.07, 6.45) is 10.9. The van der Waals surface area contributed by atoms with Crippen molar-refractivity contribution in [1.29, 1.82) is 0 Å². The highest BCUT2D eigenvalue weighted by atomic mass is 16.5. The third-order valence-corrected chi connectivity index (χ3v) is 5.36. The van der Waals surface area contributed by atoms with Crippen LogP contribution in [-0.4, -0.2) is 32.4 Å². The molecule has 0 amide bonds. The third kappa shape index (κ3) is 3.17. The first-order chi connectivity index (χ1) is 11.3. The number of nitrogens with one attached hydrogen (secondary N) is 2. The lowest BCUT2D eigenvalue weighted by Crippen LogP contribution is -2.43. The highest BCUT2D eigenvalue weighted by Gasteiger charge is 2.28. The Bertz CT molecular complexity index is 641. The van der Waals surface area contributed by atoms with Crippen LogP contribution < -0.4 is 5.32 Å². The van der Waals surface area contributed by atoms with Gasteiger partial charge in [-0.05, 0) is 50.5 Å². The van der Waals surface area contributed by atoms with Gasteiger partial charge in [-0.2, -0.15) is 10.1 Å². The average molecular weight is 315 g/mol. The van der Waals surface area contributed by atoms with Gasteiger partial charge in [0.25, 0.3) is 0 Å². The van der Waals surface area contributed by atoms with E-state index in [1.807, 2.05) is 6.20 Å². The fourth-order valence-corrected chi connectivity index (χ4v) is 3.98. The number of rotatable bonds is 4. The number of aromatic nitrogens is 4. The molecule has 1 atom stereocenters. The summed E-state index contributed by atoms with van der Waals surface area (Å²) < 4.78 is 5.42. The molecule has 0 spiro atoms. The number of aromatic amines is 1. The van der Waals surface area contributed by atoms with Gasteiger partial charge in [0.15, 0.2) is 5.82 Å². The van der Waals surface area contributed by atoms with E-state index in [9.17, 15) is 0 Å². The Morgan fingerprint density at radius 3 is 2.87 bits per heavy atom. The number of hydrogen-bond acceptors (Lipinski definition) is 5. The smallest absolute Gasteiger partial charge is 0.229 e. The molecule has 0 saturated heterocycles. The molecule has 2 aromatic heterocycles. The predicted octanol–water partition coefficient (Wildman–Crippen LogP) is 2.53. The third-order valence-electron chi connectivity index (χ3n) is 5.36. The Labute approximate surface area is 136 Å². The predicted molar refractivity (Wildman–Crippen MR) is 86.2 cm³/mol. The quantitative estimate of drug-likeness (QED) is 0.906. The largest absolute Gasteiger partial charge is 0.339 e. The first-order valence-electron chi connectivity index (χ1n) is 8.91. The molecule has 2 N–H and O–H groups in total. The van der Waals surface area contributed by atoms with E-state index in [4.69, 9.17) is 4.52 Å². The summed E-state index contributed by atoms with van der Waals surface area (Å²) in [6, 6.07) is 1.22. The lowest BCUT2D eigenvalue weighted by atomic mass is 9.84. The fourth-order valence-electron chi connectivity index (χ4n) is 3.98. The minimum Gasteiger partial charge on any atom is -0.339 e. The van der Waals surface area contributed by atoms with Crippen LogP contribution in [0.2, 0.25) is 0 Å². The highest BCUT2D eigenvalue weighted by Crippen LogP contribution is 2.32. The van der Waals surface area contributed by atoms with Crippen molar-refractivity contribution >= 4 is 0 Å². The van der Waals surface area contributed by atoms with Crippen LogP contribution in [0.4, 0.5) is 0 Å². The van der Waals surface area contributed by atoms with Gasteiger partial charge in [-0.25, -0.2) is 0 Å². The topological polar surface area (TPSA) is 79.6 Å². The van der Waals surface area contributed by atoms with Crippen molar-refractivity contribution in [3.63, 3.8) is 0 Å². The first-order valence-corrected chi connectivity index (χ1v) is 8.91. The zero-order chi connectivity index (χ0) is 15.6. The molecule has 1 fully saturated rings. The molecular formula is C17H25N5O. The average Bonchev–Trinajstić information content (AvgIpc) is 3.24. The van der Waals surface area contributed by atoms with E-state index in [1.165, 1.54) is 30.5 Å². The molecule has 4 rings (SSSR count). The van der Waals surface area contributed by atoms with Gasteiger partial charge in [0.2, 0.25) is 5.89 Å². The van der Waals surface area contributed by atoms with Gasteiger partial charge in [-0.3, -0.25) is 5.10 Å². The van der Waals surface area contributed by atoms with Gasteiger partial charge >= 0.3 is 0 Å². The van der Waals surface area contributed by atoms with Crippen LogP contribution in [0.5, 0.6) is 0 Å². The molecule has 6 nitrogen and oxygen atoms in total. The van der Waals surface area contributed by atoms with Gasteiger partial charge in [0.05, 0.1) is 6.20 Å². The van der Waals surface area contributed by atoms with Crippen LogP contribution in [0.3, 0.4) is 0 Å². The maximum atomic E-state index is 5.42. The number of hydrogen-bond donors (Lipinski definition) is 2. The molecule has 2 aliphatic rings. The van der Waals surface area contributed by atoms with E-state index in [0.717, 1.165) is 43.8 Å². The van der Waals surface area contributed by atoms with Gasteiger partial charge in [0, 0.05) is 30.1 Å². The Hall–Kier alpha value is -1.69. The Kier molecular flexibility index (Phi) is 4.16. The van der Waals surface area contributed by atoms with Crippen molar-refractivity contribution in [1.82, 2.24) is 25.7 Å². The van der Waals surface area contributed by atoms with Crippen LogP contribution in [0, 0.1) is 0 Å². The second kappa shape index (κ2) is 6.43. The minimum atomic E-state index is 0.452. The van der Waals surface area contributed by atoms with E-state index < -0.39 is 0 Å². The number of nitrogens with zero attached hydrogens (tertiary/aromatic N) is 3. The zero-order valence-electron chi connectivity index (χ0n) is 13.7. The van der Waals surface area contributed by atoms with Gasteiger partial charge in [-0.1, -0.05) is 12.1 Å². The Morgan fingerprint density at radius 2 is 2.09 bits per heavy atom. The molecule has 6 heteroatoms. The van der Waals surface area contributed by atoms with Crippen molar-refractivity contribution in [3.8, 4) is 0 Å². The van der Waals surface area contributed by atoms with Crippen LogP contribution in [-0.2, 0) is 19.3 Å². The molecule has 23 heavy (non-hydrogen) atoms. The molecule has 2 aromatic rings. The molecule has 0 bridgehead atoms. The first kappa shape index (κ1) is 14.9. The maximum absolute atomic E-state index is 5.42. The van der Waals surface area contributed by atoms with Gasteiger partial charge < -0.3 is 9.84 Å². The number of fused-ring (bicyclic) bond motifs is 1. The van der Waals surface area contributed by atoms with Crippen molar-refractivity contribution in [2.24, 2.45) is 0 Å². The number of aryl methyl sites for hydroxylation is 2. The van der Waals surface area contributed by atoms with E-state index >= 15 is 0 Å². The molecule has 124 valence electrons. The molecule has 0 aliphatic heterocycles. The molecule has 0 aromatic carbocycles.